The molecule has 4 rings (SSSR count). The Bertz CT molecular complexity index is 679. The number of ether oxygens (including phenoxy) is 2. The number of rotatable bonds is 2. The normalized spacial score (nSPS) is 25.2. The van der Waals surface area contributed by atoms with E-state index in [2.05, 4.69) is 71.4 Å². The molecule has 2 aliphatic rings. The molecule has 1 spiro atoms. The molecule has 114 valence electrons. The highest BCUT2D eigenvalue weighted by Crippen LogP contribution is 2.53. The average Bonchev–Trinajstić information content (AvgIpc) is 2.48. The van der Waals surface area contributed by atoms with Gasteiger partial charge in [0.1, 0.15) is 11.9 Å². The highest BCUT2D eigenvalue weighted by atomic mass is 79.9. The van der Waals surface area contributed by atoms with Crippen LogP contribution in [0, 0.1) is 5.41 Å². The van der Waals surface area contributed by atoms with Crippen molar-refractivity contribution in [1.29, 1.82) is 0 Å². The summed E-state index contributed by atoms with van der Waals surface area (Å²) in [5, 5.41) is 0. The van der Waals surface area contributed by atoms with Crippen LogP contribution in [-0.4, -0.2) is 19.3 Å². The fraction of sp³-hybridized carbons (Fsp3) is 0.368. The summed E-state index contributed by atoms with van der Waals surface area (Å²) in [7, 11) is 0. The Balaban J connectivity index is 1.71. The molecule has 0 amide bonds. The highest BCUT2D eigenvalue weighted by molar-refractivity contribution is 9.10. The maximum absolute atomic E-state index is 6.42. The molecule has 0 aromatic heterocycles. The lowest BCUT2D eigenvalue weighted by Crippen LogP contribution is -2.59. The maximum atomic E-state index is 6.42. The van der Waals surface area contributed by atoms with Crippen molar-refractivity contribution in [2.45, 2.75) is 25.4 Å². The van der Waals surface area contributed by atoms with Crippen molar-refractivity contribution >= 4 is 15.9 Å². The van der Waals surface area contributed by atoms with Crippen LogP contribution in [0.3, 0.4) is 0 Å². The summed E-state index contributed by atoms with van der Waals surface area (Å²) in [6, 6.07) is 16.9. The van der Waals surface area contributed by atoms with Gasteiger partial charge in [0.05, 0.1) is 18.6 Å². The summed E-state index contributed by atoms with van der Waals surface area (Å²) < 4.78 is 13.1. The summed E-state index contributed by atoms with van der Waals surface area (Å²) in [5.41, 5.74) is 2.72. The smallest absolute Gasteiger partial charge is 0.123 e. The number of hydrogen-bond donors (Lipinski definition) is 0. The molecule has 2 nitrogen and oxygen atoms in total. The number of benzene rings is 2. The minimum Gasteiger partial charge on any atom is -0.489 e. The fourth-order valence-corrected chi connectivity index (χ4v) is 4.05. The zero-order valence-electron chi connectivity index (χ0n) is 12.6. The first-order valence-corrected chi connectivity index (χ1v) is 8.56. The van der Waals surface area contributed by atoms with Gasteiger partial charge in [-0.25, -0.2) is 0 Å². The van der Waals surface area contributed by atoms with Crippen LogP contribution in [0.15, 0.2) is 53.0 Å². The van der Waals surface area contributed by atoms with Gasteiger partial charge in [0, 0.05) is 10.9 Å². The van der Waals surface area contributed by atoms with Crippen LogP contribution in [-0.2, 0) is 11.2 Å². The van der Waals surface area contributed by atoms with Gasteiger partial charge in [-0.05, 0) is 35.2 Å². The zero-order chi connectivity index (χ0) is 15.2. The van der Waals surface area contributed by atoms with E-state index in [1.807, 2.05) is 0 Å². The summed E-state index contributed by atoms with van der Waals surface area (Å²) in [6.07, 6.45) is 1.11. The van der Waals surface area contributed by atoms with E-state index >= 15 is 0 Å². The molecule has 2 aromatic rings. The molecule has 1 saturated heterocycles. The molecule has 0 aliphatic carbocycles. The van der Waals surface area contributed by atoms with E-state index in [-0.39, 0.29) is 11.5 Å². The van der Waals surface area contributed by atoms with E-state index in [0.717, 1.165) is 29.9 Å². The molecule has 2 aromatic carbocycles. The average molecular weight is 359 g/mol. The zero-order valence-corrected chi connectivity index (χ0v) is 14.2. The molecule has 0 saturated carbocycles. The molecular formula is C19H19BrO2. The van der Waals surface area contributed by atoms with Crippen LogP contribution >= 0.6 is 15.9 Å². The summed E-state index contributed by atoms with van der Waals surface area (Å²) in [5.74, 6) is 1.46. The lowest BCUT2D eigenvalue weighted by Gasteiger charge is -2.53. The van der Waals surface area contributed by atoms with E-state index in [4.69, 9.17) is 9.47 Å². The monoisotopic (exact) mass is 358 g/mol. The van der Waals surface area contributed by atoms with Crippen molar-refractivity contribution in [2.24, 2.45) is 5.41 Å². The number of fused-ring (bicyclic) bond motifs is 1. The molecule has 2 unspecified atom stereocenters. The third kappa shape index (κ3) is 2.19. The van der Waals surface area contributed by atoms with Crippen LogP contribution in [0.5, 0.6) is 5.75 Å². The van der Waals surface area contributed by atoms with Gasteiger partial charge in [0.25, 0.3) is 0 Å². The van der Waals surface area contributed by atoms with Crippen molar-refractivity contribution in [3.05, 3.63) is 64.1 Å². The van der Waals surface area contributed by atoms with Crippen LogP contribution in [0.25, 0.3) is 0 Å². The summed E-state index contributed by atoms with van der Waals surface area (Å²) in [6.45, 7) is 3.89. The first kappa shape index (κ1) is 14.3. The Morgan fingerprint density at radius 1 is 1.14 bits per heavy atom. The molecule has 2 aliphatic heterocycles. The molecule has 2 atom stereocenters. The predicted octanol–water partition coefficient (Wildman–Crippen LogP) is 4.57. The van der Waals surface area contributed by atoms with Gasteiger partial charge < -0.3 is 9.47 Å². The molecule has 1 fully saturated rings. The van der Waals surface area contributed by atoms with E-state index in [9.17, 15) is 0 Å². The molecule has 0 N–H and O–H groups in total. The molecular weight excluding hydrogens is 340 g/mol. The van der Waals surface area contributed by atoms with Gasteiger partial charge >= 0.3 is 0 Å². The molecule has 0 radical (unpaired) electrons. The van der Waals surface area contributed by atoms with Gasteiger partial charge in [0.15, 0.2) is 0 Å². The molecule has 2 heterocycles. The van der Waals surface area contributed by atoms with Crippen LogP contribution < -0.4 is 4.74 Å². The van der Waals surface area contributed by atoms with E-state index < -0.39 is 0 Å². The molecule has 22 heavy (non-hydrogen) atoms. The van der Waals surface area contributed by atoms with Crippen LogP contribution in [0.2, 0.25) is 0 Å². The SMILES string of the molecule is CC1c2cc(Br)ccc2OC(Cc2ccccc2)C12COC2. The lowest BCUT2D eigenvalue weighted by atomic mass is 9.64. The Morgan fingerprint density at radius 2 is 1.91 bits per heavy atom. The van der Waals surface area contributed by atoms with Crippen molar-refractivity contribution in [2.75, 3.05) is 13.2 Å². The fourth-order valence-electron chi connectivity index (χ4n) is 3.67. The first-order valence-electron chi connectivity index (χ1n) is 7.77. The summed E-state index contributed by atoms with van der Waals surface area (Å²) >= 11 is 3.58. The first-order chi connectivity index (χ1) is 10.7. The maximum Gasteiger partial charge on any atom is 0.123 e. The second kappa shape index (κ2) is 5.39. The largest absolute Gasteiger partial charge is 0.489 e. The van der Waals surface area contributed by atoms with Crippen molar-refractivity contribution in [3.8, 4) is 5.75 Å². The van der Waals surface area contributed by atoms with Gasteiger partial charge in [-0.15, -0.1) is 0 Å². The Morgan fingerprint density at radius 3 is 2.59 bits per heavy atom. The van der Waals surface area contributed by atoms with E-state index in [1.54, 1.807) is 0 Å². The standard InChI is InChI=1S/C19H19BrO2/c1-13-16-10-15(20)7-8-17(16)22-18(19(13)11-21-12-19)9-14-5-3-2-4-6-14/h2-8,10,13,18H,9,11-12H2,1H3. The quantitative estimate of drug-likeness (QED) is 0.782. The van der Waals surface area contributed by atoms with Gasteiger partial charge in [-0.1, -0.05) is 53.2 Å². The van der Waals surface area contributed by atoms with Crippen LogP contribution in [0.4, 0.5) is 0 Å². The van der Waals surface area contributed by atoms with Crippen molar-refractivity contribution < 1.29 is 9.47 Å². The second-order valence-electron chi connectivity index (χ2n) is 6.43. The molecule has 0 bridgehead atoms. The van der Waals surface area contributed by atoms with Gasteiger partial charge in [-0.2, -0.15) is 0 Å². The Labute approximate surface area is 139 Å². The second-order valence-corrected chi connectivity index (χ2v) is 7.34. The van der Waals surface area contributed by atoms with Crippen LogP contribution in [0.1, 0.15) is 24.0 Å². The number of hydrogen-bond acceptors (Lipinski definition) is 2. The molecule has 3 heteroatoms. The predicted molar refractivity (Wildman–Crippen MR) is 90.4 cm³/mol. The van der Waals surface area contributed by atoms with Gasteiger partial charge in [-0.3, -0.25) is 0 Å². The van der Waals surface area contributed by atoms with Gasteiger partial charge in [0.2, 0.25) is 0 Å². The van der Waals surface area contributed by atoms with E-state index in [1.165, 1.54) is 11.1 Å². The lowest BCUT2D eigenvalue weighted by molar-refractivity contribution is -0.183. The third-order valence-electron chi connectivity index (χ3n) is 5.22. The number of halogens is 1. The minimum absolute atomic E-state index is 0.101. The third-order valence-corrected chi connectivity index (χ3v) is 5.71. The van der Waals surface area contributed by atoms with Crippen molar-refractivity contribution in [3.63, 3.8) is 0 Å². The summed E-state index contributed by atoms with van der Waals surface area (Å²) in [4.78, 5) is 0. The Hall–Kier alpha value is -1.32. The topological polar surface area (TPSA) is 18.5 Å². The Kier molecular flexibility index (Phi) is 3.50. The minimum atomic E-state index is 0.101. The highest BCUT2D eigenvalue weighted by Gasteiger charge is 2.54. The van der Waals surface area contributed by atoms with E-state index in [0.29, 0.717) is 5.92 Å². The van der Waals surface area contributed by atoms with Crippen molar-refractivity contribution in [1.82, 2.24) is 0 Å².